The molecule has 7 heteroatoms. The fraction of sp³-hybridized carbons (Fsp3) is 0.350. The third-order valence-corrected chi connectivity index (χ3v) is 4.93. The molecule has 0 aromatic heterocycles. The lowest BCUT2D eigenvalue weighted by Gasteiger charge is -2.30. The molecule has 1 atom stereocenters. The van der Waals surface area contributed by atoms with E-state index in [-0.39, 0.29) is 11.3 Å². The predicted molar refractivity (Wildman–Crippen MR) is 102 cm³/mol. The number of likely N-dealkylation sites (tertiary alicyclic amines) is 1. The number of β-amino-alcohol motifs (C(OH)–C–C–N with tert-alkyl or cyclic N) is 1. The van der Waals surface area contributed by atoms with Crippen molar-refractivity contribution in [2.45, 2.75) is 18.6 Å². The second kappa shape index (κ2) is 7.74. The highest BCUT2D eigenvalue weighted by Gasteiger charge is 2.37. The Morgan fingerprint density at radius 2 is 2.07 bits per heavy atom. The molecule has 1 heterocycles. The molecule has 0 bridgehead atoms. The molecule has 0 radical (unpaired) electrons. The van der Waals surface area contributed by atoms with Gasteiger partial charge in [-0.25, -0.2) is 0 Å². The van der Waals surface area contributed by atoms with Gasteiger partial charge in [0.15, 0.2) is 0 Å². The van der Waals surface area contributed by atoms with Crippen LogP contribution in [0.25, 0.3) is 0 Å². The lowest BCUT2D eigenvalue weighted by Crippen LogP contribution is -2.43. The number of benzene rings is 2. The van der Waals surface area contributed by atoms with Gasteiger partial charge in [-0.3, -0.25) is 15.0 Å². The van der Waals surface area contributed by atoms with Crippen LogP contribution in [0.4, 0.5) is 11.4 Å². The summed E-state index contributed by atoms with van der Waals surface area (Å²) in [5, 5.41) is 31.1. The number of nitrogens with zero attached hydrogens (tertiary/aromatic N) is 4. The second-order valence-corrected chi connectivity index (χ2v) is 7.10. The van der Waals surface area contributed by atoms with Crippen molar-refractivity contribution in [2.75, 3.05) is 31.6 Å². The zero-order valence-corrected chi connectivity index (χ0v) is 15.2. The molecule has 0 aliphatic carbocycles. The molecule has 0 amide bonds. The topological polar surface area (TPSA) is 93.6 Å². The van der Waals surface area contributed by atoms with Crippen molar-refractivity contribution in [3.8, 4) is 6.07 Å². The highest BCUT2D eigenvalue weighted by molar-refractivity contribution is 5.59. The molecule has 1 fully saturated rings. The lowest BCUT2D eigenvalue weighted by atomic mass is 10.0. The molecule has 1 aliphatic heterocycles. The van der Waals surface area contributed by atoms with E-state index in [4.69, 9.17) is 5.26 Å². The first kappa shape index (κ1) is 18.8. The maximum atomic E-state index is 11.0. The SMILES string of the molecule is CN(CC1(O)CCN(Cc2ccccc2)C1)c1ccc([N+](=O)[O-])c(C#N)c1. The summed E-state index contributed by atoms with van der Waals surface area (Å²) in [6.07, 6.45) is 0.655. The van der Waals surface area contributed by atoms with Crippen molar-refractivity contribution >= 4 is 11.4 Å². The average Bonchev–Trinajstić information content (AvgIpc) is 3.02. The van der Waals surface area contributed by atoms with Gasteiger partial charge in [0.25, 0.3) is 5.69 Å². The van der Waals surface area contributed by atoms with Gasteiger partial charge in [0.2, 0.25) is 0 Å². The van der Waals surface area contributed by atoms with Crippen LogP contribution in [-0.2, 0) is 6.54 Å². The smallest absolute Gasteiger partial charge is 0.287 e. The van der Waals surface area contributed by atoms with Crippen molar-refractivity contribution in [1.82, 2.24) is 4.90 Å². The predicted octanol–water partition coefficient (Wildman–Crippen LogP) is 2.54. The van der Waals surface area contributed by atoms with E-state index in [2.05, 4.69) is 17.0 Å². The van der Waals surface area contributed by atoms with Gasteiger partial charge < -0.3 is 10.0 Å². The zero-order valence-electron chi connectivity index (χ0n) is 15.2. The number of aliphatic hydroxyl groups is 1. The quantitative estimate of drug-likeness (QED) is 0.624. The lowest BCUT2D eigenvalue weighted by molar-refractivity contribution is -0.385. The zero-order chi connectivity index (χ0) is 19.4. The Labute approximate surface area is 158 Å². The van der Waals surface area contributed by atoms with Crippen LogP contribution in [0.3, 0.4) is 0 Å². The molecule has 1 N–H and O–H groups in total. The number of hydrogen-bond acceptors (Lipinski definition) is 6. The maximum absolute atomic E-state index is 11.0. The number of nitriles is 1. The summed E-state index contributed by atoms with van der Waals surface area (Å²) in [6.45, 7) is 2.55. The molecular weight excluding hydrogens is 344 g/mol. The molecule has 0 saturated carbocycles. The molecule has 1 saturated heterocycles. The van der Waals surface area contributed by atoms with Gasteiger partial charge in [-0.15, -0.1) is 0 Å². The Morgan fingerprint density at radius 3 is 2.74 bits per heavy atom. The number of hydrogen-bond donors (Lipinski definition) is 1. The van der Waals surface area contributed by atoms with Crippen LogP contribution in [0.1, 0.15) is 17.5 Å². The van der Waals surface area contributed by atoms with Gasteiger partial charge in [0.1, 0.15) is 11.6 Å². The number of nitro benzene ring substituents is 1. The summed E-state index contributed by atoms with van der Waals surface area (Å²) in [7, 11) is 1.82. The molecule has 2 aromatic carbocycles. The molecule has 0 spiro atoms. The van der Waals surface area contributed by atoms with Crippen molar-refractivity contribution in [3.63, 3.8) is 0 Å². The Balaban J connectivity index is 1.66. The summed E-state index contributed by atoms with van der Waals surface area (Å²) in [5.74, 6) is 0. The minimum atomic E-state index is -0.863. The summed E-state index contributed by atoms with van der Waals surface area (Å²) in [5.41, 5.74) is 0.839. The Kier molecular flexibility index (Phi) is 5.40. The van der Waals surface area contributed by atoms with Gasteiger partial charge >= 0.3 is 0 Å². The summed E-state index contributed by atoms with van der Waals surface area (Å²) in [4.78, 5) is 14.5. The van der Waals surface area contributed by atoms with E-state index in [0.29, 0.717) is 25.2 Å². The molecule has 7 nitrogen and oxygen atoms in total. The van der Waals surface area contributed by atoms with E-state index < -0.39 is 10.5 Å². The van der Waals surface area contributed by atoms with Crippen LogP contribution in [0.2, 0.25) is 0 Å². The van der Waals surface area contributed by atoms with Crippen molar-refractivity contribution in [2.24, 2.45) is 0 Å². The summed E-state index contributed by atoms with van der Waals surface area (Å²) < 4.78 is 0. The number of nitro groups is 1. The van der Waals surface area contributed by atoms with E-state index in [9.17, 15) is 15.2 Å². The molecule has 2 aromatic rings. The van der Waals surface area contributed by atoms with E-state index in [1.165, 1.54) is 17.7 Å². The Bertz CT molecular complexity index is 865. The van der Waals surface area contributed by atoms with Crippen molar-refractivity contribution in [1.29, 1.82) is 5.26 Å². The number of rotatable bonds is 6. The fourth-order valence-corrected chi connectivity index (χ4v) is 3.59. The second-order valence-electron chi connectivity index (χ2n) is 7.10. The van der Waals surface area contributed by atoms with Gasteiger partial charge in [0.05, 0.1) is 10.5 Å². The first-order valence-electron chi connectivity index (χ1n) is 8.78. The normalized spacial score (nSPS) is 19.6. The maximum Gasteiger partial charge on any atom is 0.287 e. The molecular formula is C20H22N4O3. The standard InChI is InChI=1S/C20H22N4O3/c1-22(18-7-8-19(24(26)27)17(11-18)12-21)14-20(25)9-10-23(15-20)13-16-5-3-2-4-6-16/h2-8,11,25H,9-10,13-15H2,1H3. The number of likely N-dealkylation sites (N-methyl/N-ethyl adjacent to an activating group) is 1. The van der Waals surface area contributed by atoms with Gasteiger partial charge in [0, 0.05) is 45.0 Å². The molecule has 27 heavy (non-hydrogen) atoms. The molecule has 1 unspecified atom stereocenters. The Morgan fingerprint density at radius 1 is 1.33 bits per heavy atom. The monoisotopic (exact) mass is 366 g/mol. The van der Waals surface area contributed by atoms with E-state index in [1.807, 2.05) is 36.2 Å². The average molecular weight is 366 g/mol. The fourth-order valence-electron chi connectivity index (χ4n) is 3.59. The largest absolute Gasteiger partial charge is 0.387 e. The van der Waals surface area contributed by atoms with Crippen molar-refractivity contribution < 1.29 is 10.0 Å². The van der Waals surface area contributed by atoms with Crippen LogP contribution in [-0.4, -0.2) is 47.2 Å². The molecule has 3 rings (SSSR count). The summed E-state index contributed by atoms with van der Waals surface area (Å²) >= 11 is 0. The minimum absolute atomic E-state index is 0.0217. The van der Waals surface area contributed by atoms with E-state index >= 15 is 0 Å². The van der Waals surface area contributed by atoms with Gasteiger partial charge in [-0.1, -0.05) is 30.3 Å². The van der Waals surface area contributed by atoms with Crippen LogP contribution in [0.5, 0.6) is 0 Å². The third kappa shape index (κ3) is 4.42. The van der Waals surface area contributed by atoms with Crippen molar-refractivity contribution in [3.05, 3.63) is 69.8 Å². The Hall–Kier alpha value is -2.95. The summed E-state index contributed by atoms with van der Waals surface area (Å²) in [6, 6.07) is 16.5. The highest BCUT2D eigenvalue weighted by Crippen LogP contribution is 2.28. The highest BCUT2D eigenvalue weighted by atomic mass is 16.6. The molecule has 140 valence electrons. The van der Waals surface area contributed by atoms with E-state index in [1.54, 1.807) is 6.07 Å². The minimum Gasteiger partial charge on any atom is -0.387 e. The van der Waals surface area contributed by atoms with Crippen LogP contribution in [0.15, 0.2) is 48.5 Å². The van der Waals surface area contributed by atoms with Crippen LogP contribution >= 0.6 is 0 Å². The third-order valence-electron chi connectivity index (χ3n) is 4.93. The van der Waals surface area contributed by atoms with Crippen LogP contribution < -0.4 is 4.90 Å². The first-order valence-corrected chi connectivity index (χ1v) is 8.78. The first-order chi connectivity index (χ1) is 12.9. The van der Waals surface area contributed by atoms with E-state index in [0.717, 1.165) is 13.1 Å². The molecule has 1 aliphatic rings. The number of anilines is 1. The van der Waals surface area contributed by atoms with Crippen LogP contribution in [0, 0.1) is 21.4 Å². The van der Waals surface area contributed by atoms with Gasteiger partial charge in [-0.05, 0) is 24.1 Å². The van der Waals surface area contributed by atoms with Gasteiger partial charge in [-0.2, -0.15) is 5.26 Å².